The van der Waals surface area contributed by atoms with Gasteiger partial charge in [-0.15, -0.1) is 12.4 Å². The first-order chi connectivity index (χ1) is 15.8. The molecule has 0 radical (unpaired) electrons. The van der Waals surface area contributed by atoms with Crippen LogP contribution in [-0.4, -0.2) is 59.3 Å². The number of fused-ring (bicyclic) bond motifs is 1. The molecule has 0 bridgehead atoms. The summed E-state index contributed by atoms with van der Waals surface area (Å²) in [6, 6.07) is 17.0. The van der Waals surface area contributed by atoms with Gasteiger partial charge in [-0.2, -0.15) is 0 Å². The first kappa shape index (κ1) is 23.3. The lowest BCUT2D eigenvalue weighted by Crippen LogP contribution is -2.47. The summed E-state index contributed by atoms with van der Waals surface area (Å²) in [5.74, 6) is 0. The second-order valence-corrected chi connectivity index (χ2v) is 9.02. The van der Waals surface area contributed by atoms with Crippen LogP contribution in [0.2, 0.25) is 0 Å². The fourth-order valence-electron chi connectivity index (χ4n) is 4.05. The summed E-state index contributed by atoms with van der Waals surface area (Å²) >= 11 is 1.64. The van der Waals surface area contributed by atoms with Crippen LogP contribution in [0.5, 0.6) is 0 Å². The van der Waals surface area contributed by atoms with Gasteiger partial charge in [0.2, 0.25) is 0 Å². The summed E-state index contributed by atoms with van der Waals surface area (Å²) in [6.45, 7) is 4.91. The number of rotatable bonds is 7. The van der Waals surface area contributed by atoms with Crippen molar-refractivity contribution >= 4 is 63.3 Å². The molecule has 0 aliphatic carbocycles. The molecule has 8 heteroatoms. The molecular formula is C25H28ClN5OS. The second-order valence-electron chi connectivity index (χ2n) is 7.95. The molecule has 0 amide bonds. The van der Waals surface area contributed by atoms with Crippen LogP contribution in [0.25, 0.3) is 23.1 Å². The van der Waals surface area contributed by atoms with Crippen LogP contribution in [0.15, 0.2) is 60.9 Å². The highest BCUT2D eigenvalue weighted by atomic mass is 35.5. The average molecular weight is 482 g/mol. The van der Waals surface area contributed by atoms with Crippen LogP contribution in [0.4, 0.5) is 16.5 Å². The number of hydrogen-bond acceptors (Lipinski definition) is 6. The molecule has 2 aromatic heterocycles. The molecule has 0 atom stereocenters. The maximum atomic E-state index is 9.13. The molecule has 5 rings (SSSR count). The molecule has 1 aliphatic rings. The zero-order chi connectivity index (χ0) is 21.8. The van der Waals surface area contributed by atoms with E-state index in [1.54, 1.807) is 11.3 Å². The van der Waals surface area contributed by atoms with Crippen molar-refractivity contribution in [3.63, 3.8) is 0 Å². The zero-order valence-corrected chi connectivity index (χ0v) is 19.9. The summed E-state index contributed by atoms with van der Waals surface area (Å²) in [5.41, 5.74) is 4.59. The van der Waals surface area contributed by atoms with Crippen molar-refractivity contribution in [2.45, 2.75) is 0 Å². The lowest BCUT2D eigenvalue weighted by atomic mass is 10.1. The average Bonchev–Trinajstić information content (AvgIpc) is 3.47. The van der Waals surface area contributed by atoms with Crippen molar-refractivity contribution in [1.29, 1.82) is 0 Å². The molecule has 0 unspecified atom stereocenters. The normalized spacial score (nSPS) is 14.6. The number of thiazole rings is 1. The van der Waals surface area contributed by atoms with Gasteiger partial charge in [0.15, 0.2) is 5.13 Å². The maximum absolute atomic E-state index is 9.13. The van der Waals surface area contributed by atoms with E-state index in [4.69, 9.17) is 5.11 Å². The summed E-state index contributed by atoms with van der Waals surface area (Å²) in [7, 11) is 0. The SMILES string of the molecule is Cl.OCCN1CCN(c2cccc(Nc3ncc(C=Cc4ccc5[nH]ccc5c4)s3)c2)CC1. The Bertz CT molecular complexity index is 1210. The predicted octanol–water partition coefficient (Wildman–Crippen LogP) is 5.07. The van der Waals surface area contributed by atoms with Gasteiger partial charge in [0.25, 0.3) is 0 Å². The van der Waals surface area contributed by atoms with Crippen molar-refractivity contribution < 1.29 is 5.11 Å². The van der Waals surface area contributed by atoms with Crippen LogP contribution in [0.1, 0.15) is 10.4 Å². The standard InChI is InChI=1S/C25H27N5OS.ClH/c31-15-14-29-10-12-30(13-11-29)22-3-1-2-21(17-22)28-25-27-18-23(32-25)6-4-19-5-7-24-20(16-19)8-9-26-24;/h1-9,16-18,26,31H,10-15H2,(H,27,28);1H. The van der Waals surface area contributed by atoms with Gasteiger partial charge < -0.3 is 20.3 Å². The van der Waals surface area contributed by atoms with Crippen LogP contribution in [-0.2, 0) is 0 Å². The molecule has 172 valence electrons. The Morgan fingerprint density at radius 3 is 2.79 bits per heavy atom. The van der Waals surface area contributed by atoms with E-state index in [1.807, 2.05) is 12.4 Å². The van der Waals surface area contributed by atoms with E-state index in [9.17, 15) is 0 Å². The molecule has 33 heavy (non-hydrogen) atoms. The number of aliphatic hydroxyl groups is 1. The Morgan fingerprint density at radius 1 is 1.06 bits per heavy atom. The highest BCUT2D eigenvalue weighted by Crippen LogP contribution is 2.27. The van der Waals surface area contributed by atoms with E-state index < -0.39 is 0 Å². The van der Waals surface area contributed by atoms with Crippen molar-refractivity contribution in [2.75, 3.05) is 49.5 Å². The molecule has 2 aromatic carbocycles. The number of β-amino-alcohol motifs (C(OH)–C–C–N with tert-alkyl or cyclic N) is 1. The Kier molecular flexibility index (Phi) is 7.67. The molecule has 0 saturated carbocycles. The van der Waals surface area contributed by atoms with Crippen LogP contribution in [0, 0.1) is 0 Å². The first-order valence-corrected chi connectivity index (χ1v) is 11.7. The van der Waals surface area contributed by atoms with Crippen LogP contribution >= 0.6 is 23.7 Å². The van der Waals surface area contributed by atoms with Gasteiger partial charge >= 0.3 is 0 Å². The number of hydrogen-bond donors (Lipinski definition) is 3. The predicted molar refractivity (Wildman–Crippen MR) is 142 cm³/mol. The quantitative estimate of drug-likeness (QED) is 0.343. The number of piperazine rings is 1. The smallest absolute Gasteiger partial charge is 0.187 e. The second kappa shape index (κ2) is 10.9. The number of halogens is 1. The molecule has 0 spiro atoms. The number of benzene rings is 2. The zero-order valence-electron chi connectivity index (χ0n) is 18.3. The third-order valence-electron chi connectivity index (χ3n) is 5.79. The number of H-pyrrole nitrogens is 1. The largest absolute Gasteiger partial charge is 0.395 e. The Hall–Kier alpha value is -2.84. The fourth-order valence-corrected chi connectivity index (χ4v) is 4.79. The fraction of sp³-hybridized carbons (Fsp3) is 0.240. The van der Waals surface area contributed by atoms with Gasteiger partial charge in [0, 0.05) is 66.9 Å². The summed E-state index contributed by atoms with van der Waals surface area (Å²) in [4.78, 5) is 13.6. The van der Waals surface area contributed by atoms with Gasteiger partial charge in [-0.3, -0.25) is 4.90 Å². The highest BCUT2D eigenvalue weighted by molar-refractivity contribution is 7.16. The van der Waals surface area contributed by atoms with E-state index in [0.29, 0.717) is 0 Å². The minimum absolute atomic E-state index is 0. The minimum atomic E-state index is 0. The van der Waals surface area contributed by atoms with E-state index in [0.717, 1.165) is 53.9 Å². The molecule has 1 saturated heterocycles. The molecule has 6 nitrogen and oxygen atoms in total. The molecule has 3 N–H and O–H groups in total. The molecule has 3 heterocycles. The molecule has 1 aliphatic heterocycles. The van der Waals surface area contributed by atoms with Crippen molar-refractivity contribution in [3.8, 4) is 0 Å². The van der Waals surface area contributed by atoms with E-state index in [2.05, 4.69) is 85.8 Å². The van der Waals surface area contributed by atoms with E-state index >= 15 is 0 Å². The van der Waals surface area contributed by atoms with Gasteiger partial charge in [0.1, 0.15) is 0 Å². The molecule has 4 aromatic rings. The minimum Gasteiger partial charge on any atom is -0.395 e. The number of aromatic amines is 1. The highest BCUT2D eigenvalue weighted by Gasteiger charge is 2.16. The van der Waals surface area contributed by atoms with Crippen LogP contribution < -0.4 is 10.2 Å². The van der Waals surface area contributed by atoms with Crippen molar-refractivity contribution in [2.24, 2.45) is 0 Å². The summed E-state index contributed by atoms with van der Waals surface area (Å²) in [5, 5.41) is 14.7. The topological polar surface area (TPSA) is 67.4 Å². The Morgan fingerprint density at radius 2 is 1.94 bits per heavy atom. The van der Waals surface area contributed by atoms with Gasteiger partial charge in [-0.25, -0.2) is 4.98 Å². The van der Waals surface area contributed by atoms with Gasteiger partial charge in [-0.1, -0.05) is 29.5 Å². The summed E-state index contributed by atoms with van der Waals surface area (Å²) < 4.78 is 0. The van der Waals surface area contributed by atoms with E-state index in [-0.39, 0.29) is 19.0 Å². The van der Waals surface area contributed by atoms with E-state index in [1.165, 1.54) is 16.6 Å². The number of aromatic nitrogens is 2. The monoisotopic (exact) mass is 481 g/mol. The molecule has 1 fully saturated rings. The number of nitrogens with zero attached hydrogens (tertiary/aromatic N) is 3. The Labute approximate surface area is 204 Å². The Balaban J connectivity index is 0.00000259. The first-order valence-electron chi connectivity index (χ1n) is 10.9. The van der Waals surface area contributed by atoms with Crippen molar-refractivity contribution in [3.05, 3.63) is 71.4 Å². The number of anilines is 3. The van der Waals surface area contributed by atoms with Gasteiger partial charge in [0.05, 0.1) is 6.61 Å². The third-order valence-corrected chi connectivity index (χ3v) is 6.67. The lowest BCUT2D eigenvalue weighted by molar-refractivity contribution is 0.189. The summed E-state index contributed by atoms with van der Waals surface area (Å²) in [6.07, 6.45) is 8.10. The third kappa shape index (κ3) is 5.75. The molecular weight excluding hydrogens is 454 g/mol. The van der Waals surface area contributed by atoms with Crippen molar-refractivity contribution in [1.82, 2.24) is 14.9 Å². The lowest BCUT2D eigenvalue weighted by Gasteiger charge is -2.35. The number of aliphatic hydroxyl groups excluding tert-OH is 1. The maximum Gasteiger partial charge on any atom is 0.187 e. The van der Waals surface area contributed by atoms with Gasteiger partial charge in [-0.05, 0) is 53.4 Å². The van der Waals surface area contributed by atoms with Crippen LogP contribution in [0.3, 0.4) is 0 Å². The number of nitrogens with one attached hydrogen (secondary N) is 2.